The molecule has 1 atom stereocenters. The number of carbonyl (C=O) groups is 3. The van der Waals surface area contributed by atoms with Gasteiger partial charge < -0.3 is 19.6 Å². The van der Waals surface area contributed by atoms with E-state index in [4.69, 9.17) is 5.11 Å². The summed E-state index contributed by atoms with van der Waals surface area (Å²) < 4.78 is 4.56. The third-order valence-corrected chi connectivity index (χ3v) is 3.07. The van der Waals surface area contributed by atoms with Gasteiger partial charge in [-0.15, -0.1) is 0 Å². The molecule has 7 nitrogen and oxygen atoms in total. The van der Waals surface area contributed by atoms with Crippen LogP contribution in [0.25, 0.3) is 0 Å². The lowest BCUT2D eigenvalue weighted by atomic mass is 10.2. The molecule has 0 aliphatic rings. The summed E-state index contributed by atoms with van der Waals surface area (Å²) >= 11 is 0. The molecule has 0 saturated carbocycles. The highest BCUT2D eigenvalue weighted by Crippen LogP contribution is 2.11. The van der Waals surface area contributed by atoms with Crippen molar-refractivity contribution in [2.24, 2.45) is 0 Å². The molecule has 0 rings (SSSR count). The number of ether oxygens (including phenoxy) is 1. The fourth-order valence-corrected chi connectivity index (χ4v) is 1.62. The van der Waals surface area contributed by atoms with Crippen LogP contribution in [0, 0.1) is 0 Å². The first kappa shape index (κ1) is 18.2. The molecule has 0 fully saturated rings. The molecule has 116 valence electrons. The maximum atomic E-state index is 12.5. The SMILES string of the molecule is CCC(C)N(CC(=O)O)C(=O)N(CC(=O)OC)C(C)C. The number of nitrogens with zero attached hydrogens (tertiary/aromatic N) is 2. The van der Waals surface area contributed by atoms with E-state index < -0.39 is 24.5 Å². The normalized spacial score (nSPS) is 11.9. The molecular weight excluding hydrogens is 264 g/mol. The maximum Gasteiger partial charge on any atom is 0.325 e. The van der Waals surface area contributed by atoms with E-state index in [0.717, 1.165) is 0 Å². The van der Waals surface area contributed by atoms with Gasteiger partial charge in [0.05, 0.1) is 7.11 Å². The molecule has 7 heteroatoms. The summed E-state index contributed by atoms with van der Waals surface area (Å²) in [5.41, 5.74) is 0. The summed E-state index contributed by atoms with van der Waals surface area (Å²) in [4.78, 5) is 37.3. The van der Waals surface area contributed by atoms with Gasteiger partial charge in [-0.2, -0.15) is 0 Å². The Labute approximate surface area is 119 Å². The zero-order valence-corrected chi connectivity index (χ0v) is 12.8. The summed E-state index contributed by atoms with van der Waals surface area (Å²) in [7, 11) is 1.25. The molecule has 1 N–H and O–H groups in total. The van der Waals surface area contributed by atoms with Crippen LogP contribution in [0.3, 0.4) is 0 Å². The Kier molecular flexibility index (Phi) is 7.64. The summed E-state index contributed by atoms with van der Waals surface area (Å²) in [6.07, 6.45) is 0.628. The predicted octanol–water partition coefficient (Wildman–Crippen LogP) is 1.17. The summed E-state index contributed by atoms with van der Waals surface area (Å²) in [5.74, 6) is -1.62. The molecule has 0 aliphatic carbocycles. The van der Waals surface area contributed by atoms with Crippen LogP contribution in [0.2, 0.25) is 0 Å². The second kappa shape index (κ2) is 8.39. The lowest BCUT2D eigenvalue weighted by Gasteiger charge is -2.34. The third kappa shape index (κ3) is 5.46. The molecule has 0 aliphatic heterocycles. The Morgan fingerprint density at radius 3 is 2.00 bits per heavy atom. The monoisotopic (exact) mass is 288 g/mol. The quantitative estimate of drug-likeness (QED) is 0.711. The highest BCUT2D eigenvalue weighted by atomic mass is 16.5. The summed E-state index contributed by atoms with van der Waals surface area (Å²) in [5, 5.41) is 8.92. The van der Waals surface area contributed by atoms with Gasteiger partial charge in [-0.3, -0.25) is 9.59 Å². The smallest absolute Gasteiger partial charge is 0.325 e. The zero-order valence-electron chi connectivity index (χ0n) is 12.8. The van der Waals surface area contributed by atoms with Crippen molar-refractivity contribution in [2.75, 3.05) is 20.2 Å². The Morgan fingerprint density at radius 2 is 1.65 bits per heavy atom. The number of methoxy groups -OCH3 is 1. The summed E-state index contributed by atoms with van der Waals surface area (Å²) in [6.45, 7) is 6.58. The number of esters is 1. The van der Waals surface area contributed by atoms with E-state index in [9.17, 15) is 14.4 Å². The van der Waals surface area contributed by atoms with Crippen molar-refractivity contribution in [2.45, 2.75) is 46.2 Å². The topological polar surface area (TPSA) is 87.2 Å². The molecule has 0 aromatic carbocycles. The molecular formula is C13H24N2O5. The Bertz CT molecular complexity index is 357. The first-order valence-corrected chi connectivity index (χ1v) is 6.60. The van der Waals surface area contributed by atoms with Crippen LogP contribution in [-0.4, -0.2) is 65.2 Å². The summed E-state index contributed by atoms with van der Waals surface area (Å²) in [6, 6.07) is -0.929. The van der Waals surface area contributed by atoms with Gasteiger partial charge in [0.2, 0.25) is 0 Å². The molecule has 1 unspecified atom stereocenters. The first-order valence-electron chi connectivity index (χ1n) is 6.60. The first-order chi connectivity index (χ1) is 9.24. The van der Waals surface area contributed by atoms with Crippen molar-refractivity contribution in [1.82, 2.24) is 9.80 Å². The van der Waals surface area contributed by atoms with Gasteiger partial charge in [0.15, 0.2) is 0 Å². The van der Waals surface area contributed by atoms with Crippen molar-refractivity contribution < 1.29 is 24.2 Å². The van der Waals surface area contributed by atoms with Crippen molar-refractivity contribution in [1.29, 1.82) is 0 Å². The fraction of sp³-hybridized carbons (Fsp3) is 0.769. The van der Waals surface area contributed by atoms with Crippen LogP contribution in [0.4, 0.5) is 4.79 Å². The molecule has 0 spiro atoms. The third-order valence-electron chi connectivity index (χ3n) is 3.07. The Balaban J connectivity index is 5.14. The predicted molar refractivity (Wildman–Crippen MR) is 73.3 cm³/mol. The lowest BCUT2D eigenvalue weighted by molar-refractivity contribution is -0.141. The number of carboxylic acid groups (broad SMARTS) is 1. The molecule has 0 bridgehead atoms. The second-order valence-electron chi connectivity index (χ2n) is 4.86. The average molecular weight is 288 g/mol. The number of aliphatic carboxylic acids is 1. The number of urea groups is 1. The second-order valence-corrected chi connectivity index (χ2v) is 4.86. The highest BCUT2D eigenvalue weighted by Gasteiger charge is 2.29. The average Bonchev–Trinajstić information content (AvgIpc) is 2.39. The maximum absolute atomic E-state index is 12.5. The Hall–Kier alpha value is -1.79. The van der Waals surface area contributed by atoms with Crippen LogP contribution in [0.15, 0.2) is 0 Å². The van der Waals surface area contributed by atoms with Crippen LogP contribution < -0.4 is 0 Å². The largest absolute Gasteiger partial charge is 0.480 e. The van der Waals surface area contributed by atoms with Gasteiger partial charge >= 0.3 is 18.0 Å². The molecule has 0 aromatic rings. The molecule has 20 heavy (non-hydrogen) atoms. The molecule has 0 aromatic heterocycles. The van der Waals surface area contributed by atoms with E-state index >= 15 is 0 Å². The van der Waals surface area contributed by atoms with E-state index in [1.807, 2.05) is 6.92 Å². The lowest BCUT2D eigenvalue weighted by Crippen LogP contribution is -2.52. The van der Waals surface area contributed by atoms with E-state index in [1.165, 1.54) is 16.9 Å². The number of rotatable bonds is 7. The highest BCUT2D eigenvalue weighted by molar-refractivity contribution is 5.84. The Morgan fingerprint density at radius 1 is 1.10 bits per heavy atom. The van der Waals surface area contributed by atoms with E-state index in [0.29, 0.717) is 6.42 Å². The van der Waals surface area contributed by atoms with Crippen molar-refractivity contribution >= 4 is 18.0 Å². The van der Waals surface area contributed by atoms with Crippen molar-refractivity contribution in [3.05, 3.63) is 0 Å². The van der Waals surface area contributed by atoms with Gasteiger partial charge in [0, 0.05) is 12.1 Å². The van der Waals surface area contributed by atoms with E-state index in [2.05, 4.69) is 4.74 Å². The minimum absolute atomic E-state index is 0.195. The van der Waals surface area contributed by atoms with Crippen LogP contribution in [0.5, 0.6) is 0 Å². The minimum atomic E-state index is -1.08. The van der Waals surface area contributed by atoms with Gasteiger partial charge in [0.1, 0.15) is 13.1 Å². The van der Waals surface area contributed by atoms with Crippen LogP contribution in [0.1, 0.15) is 34.1 Å². The number of hydrogen-bond acceptors (Lipinski definition) is 4. The van der Waals surface area contributed by atoms with Crippen LogP contribution >= 0.6 is 0 Å². The van der Waals surface area contributed by atoms with E-state index in [-0.39, 0.29) is 18.6 Å². The van der Waals surface area contributed by atoms with Gasteiger partial charge in [-0.05, 0) is 27.2 Å². The molecule has 0 saturated heterocycles. The molecule has 0 radical (unpaired) electrons. The zero-order chi connectivity index (χ0) is 15.9. The molecule has 2 amide bonds. The fourth-order valence-electron chi connectivity index (χ4n) is 1.62. The van der Waals surface area contributed by atoms with Crippen LogP contribution in [-0.2, 0) is 14.3 Å². The van der Waals surface area contributed by atoms with E-state index in [1.54, 1.807) is 20.8 Å². The molecule has 0 heterocycles. The van der Waals surface area contributed by atoms with Gasteiger partial charge in [-0.25, -0.2) is 4.79 Å². The number of hydrogen-bond donors (Lipinski definition) is 1. The van der Waals surface area contributed by atoms with Crippen molar-refractivity contribution in [3.63, 3.8) is 0 Å². The minimum Gasteiger partial charge on any atom is -0.480 e. The van der Waals surface area contributed by atoms with Gasteiger partial charge in [-0.1, -0.05) is 6.92 Å². The van der Waals surface area contributed by atoms with Gasteiger partial charge in [0.25, 0.3) is 0 Å². The number of amides is 2. The number of carbonyl (C=O) groups excluding carboxylic acids is 2. The van der Waals surface area contributed by atoms with Crippen molar-refractivity contribution in [3.8, 4) is 0 Å². The number of carboxylic acids is 1. The standard InChI is InChI=1S/C13H24N2O5/c1-6-10(4)15(7-11(16)17)13(19)14(9(2)3)8-12(18)20-5/h9-10H,6-8H2,1-5H3,(H,16,17).